The van der Waals surface area contributed by atoms with E-state index < -0.39 is 0 Å². The molecule has 0 bridgehead atoms. The first kappa shape index (κ1) is 15.1. The maximum atomic E-state index is 8.99. The maximum absolute atomic E-state index is 8.99. The summed E-state index contributed by atoms with van der Waals surface area (Å²) in [5, 5.41) is 13.1. The van der Waals surface area contributed by atoms with Gasteiger partial charge in [0.2, 0.25) is 0 Å². The minimum Gasteiger partial charge on any atom is -0.409 e. The van der Waals surface area contributed by atoms with E-state index in [1.165, 1.54) is 0 Å². The minimum atomic E-state index is 0.0694. The van der Waals surface area contributed by atoms with Gasteiger partial charge in [0.15, 0.2) is 5.84 Å². The lowest BCUT2D eigenvalue weighted by Gasteiger charge is -2.23. The molecule has 0 fully saturated rings. The van der Waals surface area contributed by atoms with E-state index in [0.717, 1.165) is 24.0 Å². The second-order valence-electron chi connectivity index (χ2n) is 5.26. The van der Waals surface area contributed by atoms with Gasteiger partial charge in [-0.15, -0.1) is 0 Å². The Bertz CT molecular complexity index is 654. The number of rotatable bonds is 5. The summed E-state index contributed by atoms with van der Waals surface area (Å²) in [5.74, 6) is 0.783. The van der Waals surface area contributed by atoms with Crippen LogP contribution in [0.1, 0.15) is 5.56 Å². The van der Waals surface area contributed by atoms with E-state index in [1.54, 1.807) is 0 Å². The van der Waals surface area contributed by atoms with Crippen molar-refractivity contribution in [2.24, 2.45) is 10.9 Å². The maximum Gasteiger partial charge on any atom is 0.173 e. The summed E-state index contributed by atoms with van der Waals surface area (Å²) in [6, 6.07) is 9.70. The Kier molecular flexibility index (Phi) is 4.59. The zero-order chi connectivity index (χ0) is 15.4. The highest BCUT2D eigenvalue weighted by Crippen LogP contribution is 2.22. The first-order valence-corrected chi connectivity index (χ1v) is 6.76. The van der Waals surface area contributed by atoms with Gasteiger partial charge in [0.05, 0.1) is 11.1 Å². The first-order valence-electron chi connectivity index (χ1n) is 6.76. The van der Waals surface area contributed by atoms with Crippen molar-refractivity contribution in [3.05, 3.63) is 35.9 Å². The van der Waals surface area contributed by atoms with Crippen LogP contribution in [0.2, 0.25) is 0 Å². The molecule has 21 heavy (non-hydrogen) atoms. The number of para-hydroxylation sites is 1. The van der Waals surface area contributed by atoms with E-state index in [9.17, 15) is 0 Å². The third-order valence-corrected chi connectivity index (χ3v) is 3.33. The Morgan fingerprint density at radius 1 is 1.24 bits per heavy atom. The lowest BCUT2D eigenvalue weighted by Crippen LogP contribution is -2.31. The van der Waals surface area contributed by atoms with Gasteiger partial charge in [-0.25, -0.2) is 4.98 Å². The van der Waals surface area contributed by atoms with Gasteiger partial charge in [-0.1, -0.05) is 23.4 Å². The molecule has 1 aromatic heterocycles. The van der Waals surface area contributed by atoms with Crippen LogP contribution in [0, 0.1) is 0 Å². The van der Waals surface area contributed by atoms with Crippen LogP contribution in [0.25, 0.3) is 10.9 Å². The molecule has 0 radical (unpaired) electrons. The van der Waals surface area contributed by atoms with Crippen molar-refractivity contribution < 1.29 is 5.21 Å². The van der Waals surface area contributed by atoms with Crippen LogP contribution in [0.15, 0.2) is 35.5 Å². The number of benzene rings is 1. The monoisotopic (exact) mass is 287 g/mol. The highest BCUT2D eigenvalue weighted by Gasteiger charge is 2.14. The number of oxime groups is 1. The Hall–Kier alpha value is -2.34. The predicted molar refractivity (Wildman–Crippen MR) is 86.1 cm³/mol. The van der Waals surface area contributed by atoms with Crippen molar-refractivity contribution in [1.82, 2.24) is 9.88 Å². The molecule has 3 N–H and O–H groups in total. The van der Waals surface area contributed by atoms with Crippen molar-refractivity contribution in [3.63, 3.8) is 0 Å². The molecule has 0 unspecified atom stereocenters. The molecule has 1 heterocycles. The van der Waals surface area contributed by atoms with Crippen molar-refractivity contribution in [1.29, 1.82) is 0 Å². The average Bonchev–Trinajstić information content (AvgIpc) is 2.50. The summed E-state index contributed by atoms with van der Waals surface area (Å²) < 4.78 is 0. The number of nitrogens with zero attached hydrogens (tertiary/aromatic N) is 4. The van der Waals surface area contributed by atoms with Crippen molar-refractivity contribution in [3.8, 4) is 0 Å². The molecule has 2 rings (SSSR count). The van der Waals surface area contributed by atoms with Gasteiger partial charge in [-0.3, -0.25) is 0 Å². The average molecular weight is 287 g/mol. The number of likely N-dealkylation sites (N-methyl/N-ethyl adjacent to an activating group) is 2. The fraction of sp³-hybridized carbons (Fsp3) is 0.333. The lowest BCUT2D eigenvalue weighted by molar-refractivity contribution is 0.318. The molecule has 0 saturated carbocycles. The fourth-order valence-corrected chi connectivity index (χ4v) is 2.10. The number of fused-ring (bicyclic) bond motifs is 1. The van der Waals surface area contributed by atoms with Crippen molar-refractivity contribution in [2.75, 3.05) is 39.1 Å². The van der Waals surface area contributed by atoms with Crippen LogP contribution in [-0.2, 0) is 0 Å². The van der Waals surface area contributed by atoms with Crippen LogP contribution >= 0.6 is 0 Å². The largest absolute Gasteiger partial charge is 0.409 e. The molecule has 0 saturated heterocycles. The van der Waals surface area contributed by atoms with Gasteiger partial charge in [0, 0.05) is 25.5 Å². The standard InChI is InChI=1S/C15H21N5O/c1-19(2)8-9-20(3)15-12(14(16)18-21)10-11-6-4-5-7-13(11)17-15/h4-7,10,21H,8-9H2,1-3H3,(H2,16,18). The SMILES string of the molecule is CN(C)CCN(C)c1nc2ccccc2cc1C(N)=NO. The van der Waals surface area contributed by atoms with E-state index in [4.69, 9.17) is 10.9 Å². The van der Waals surface area contributed by atoms with Gasteiger partial charge in [-0.05, 0) is 26.2 Å². The van der Waals surface area contributed by atoms with Crippen LogP contribution < -0.4 is 10.6 Å². The summed E-state index contributed by atoms with van der Waals surface area (Å²) >= 11 is 0. The summed E-state index contributed by atoms with van der Waals surface area (Å²) in [6.07, 6.45) is 0. The van der Waals surface area contributed by atoms with Crippen LogP contribution in [0.4, 0.5) is 5.82 Å². The zero-order valence-corrected chi connectivity index (χ0v) is 12.6. The quantitative estimate of drug-likeness (QED) is 0.375. The summed E-state index contributed by atoms with van der Waals surface area (Å²) in [6.45, 7) is 1.69. The Morgan fingerprint density at radius 2 is 1.95 bits per heavy atom. The number of hydrogen-bond acceptors (Lipinski definition) is 5. The number of anilines is 1. The molecule has 0 aliphatic carbocycles. The van der Waals surface area contributed by atoms with E-state index in [0.29, 0.717) is 11.4 Å². The first-order chi connectivity index (χ1) is 10.0. The molecule has 1 aromatic carbocycles. The molecule has 0 amide bonds. The third kappa shape index (κ3) is 3.41. The van der Waals surface area contributed by atoms with Crippen LogP contribution in [0.5, 0.6) is 0 Å². The van der Waals surface area contributed by atoms with E-state index in [-0.39, 0.29) is 5.84 Å². The molecule has 6 heteroatoms. The smallest absolute Gasteiger partial charge is 0.173 e. The molecular formula is C15H21N5O. The molecule has 0 spiro atoms. The van der Waals surface area contributed by atoms with Crippen molar-refractivity contribution in [2.45, 2.75) is 0 Å². The van der Waals surface area contributed by atoms with Gasteiger partial charge in [0.25, 0.3) is 0 Å². The number of nitrogens with two attached hydrogens (primary N) is 1. The lowest BCUT2D eigenvalue weighted by atomic mass is 10.1. The predicted octanol–water partition coefficient (Wildman–Crippen LogP) is 1.33. The fourth-order valence-electron chi connectivity index (χ4n) is 2.10. The number of pyridine rings is 1. The molecule has 0 aliphatic heterocycles. The van der Waals surface area contributed by atoms with E-state index in [2.05, 4.69) is 15.0 Å². The van der Waals surface area contributed by atoms with Gasteiger partial charge >= 0.3 is 0 Å². The second-order valence-corrected chi connectivity index (χ2v) is 5.26. The second kappa shape index (κ2) is 6.41. The highest BCUT2D eigenvalue weighted by atomic mass is 16.4. The molecule has 0 aliphatic rings. The summed E-state index contributed by atoms with van der Waals surface area (Å²) in [5.41, 5.74) is 7.33. The Labute approximate surface area is 124 Å². The number of aromatic nitrogens is 1. The normalized spacial score (nSPS) is 12.1. The van der Waals surface area contributed by atoms with Crippen molar-refractivity contribution >= 4 is 22.6 Å². The van der Waals surface area contributed by atoms with Crippen LogP contribution in [-0.4, -0.2) is 55.2 Å². The third-order valence-electron chi connectivity index (χ3n) is 3.33. The highest BCUT2D eigenvalue weighted by molar-refractivity contribution is 6.04. The number of amidine groups is 1. The molecule has 112 valence electrons. The Balaban J connectivity index is 2.48. The molecule has 0 atom stereocenters. The summed E-state index contributed by atoms with van der Waals surface area (Å²) in [4.78, 5) is 8.77. The summed E-state index contributed by atoms with van der Waals surface area (Å²) in [7, 11) is 5.99. The zero-order valence-electron chi connectivity index (χ0n) is 12.6. The minimum absolute atomic E-state index is 0.0694. The van der Waals surface area contributed by atoms with E-state index >= 15 is 0 Å². The molecule has 6 nitrogen and oxygen atoms in total. The molecular weight excluding hydrogens is 266 g/mol. The number of hydrogen-bond donors (Lipinski definition) is 2. The molecule has 2 aromatic rings. The van der Waals surface area contributed by atoms with Gasteiger partial charge in [0.1, 0.15) is 5.82 Å². The topological polar surface area (TPSA) is 78.0 Å². The Morgan fingerprint density at radius 3 is 2.62 bits per heavy atom. The van der Waals surface area contributed by atoms with E-state index in [1.807, 2.05) is 56.4 Å². The van der Waals surface area contributed by atoms with Gasteiger partial charge < -0.3 is 20.7 Å². The van der Waals surface area contributed by atoms with Gasteiger partial charge in [-0.2, -0.15) is 0 Å². The van der Waals surface area contributed by atoms with Crippen LogP contribution in [0.3, 0.4) is 0 Å².